The molecule has 32 heavy (non-hydrogen) atoms. The average Bonchev–Trinajstić information content (AvgIpc) is 2.81. The van der Waals surface area contributed by atoms with Crippen LogP contribution in [0.1, 0.15) is 17.3 Å². The Kier molecular flexibility index (Phi) is 7.28. The summed E-state index contributed by atoms with van der Waals surface area (Å²) in [6.45, 7) is 1.06. The third-order valence-corrected chi connectivity index (χ3v) is 4.70. The Balaban J connectivity index is 1.52. The zero-order valence-corrected chi connectivity index (χ0v) is 18.0. The Bertz CT molecular complexity index is 1120. The number of nitrogens with one attached hydrogen (secondary N) is 2. The number of anilines is 1. The molecule has 1 atom stereocenters. The van der Waals surface area contributed by atoms with Crippen molar-refractivity contribution >= 4 is 34.2 Å². The fraction of sp³-hybridized carbons (Fsp3) is 0.208. The first-order valence-corrected chi connectivity index (χ1v) is 9.90. The Labute approximate surface area is 185 Å². The number of amides is 2. The van der Waals surface area contributed by atoms with Crippen molar-refractivity contribution in [3.63, 3.8) is 0 Å². The topological polar surface area (TPSA) is 103 Å². The standard InChI is InChI=1S/C24H24N2O6/c1-15(23(28)26-19-9-8-16-6-4-5-7-17(16)10-19)32-22(27)14-25-24(29)18-11-20(30-2)13-21(12-18)31-3/h4-13,15H,14H2,1-3H3,(H,25,29)(H,26,28). The maximum atomic E-state index is 12.4. The van der Waals surface area contributed by atoms with Crippen LogP contribution < -0.4 is 20.1 Å². The number of carbonyl (C=O) groups excluding carboxylic acids is 3. The van der Waals surface area contributed by atoms with Gasteiger partial charge < -0.3 is 24.8 Å². The van der Waals surface area contributed by atoms with Gasteiger partial charge in [0.25, 0.3) is 11.8 Å². The van der Waals surface area contributed by atoms with Gasteiger partial charge in [0.15, 0.2) is 6.10 Å². The molecule has 3 rings (SSSR count). The second-order valence-electron chi connectivity index (χ2n) is 6.97. The van der Waals surface area contributed by atoms with E-state index in [4.69, 9.17) is 14.2 Å². The molecule has 166 valence electrons. The van der Waals surface area contributed by atoms with E-state index in [2.05, 4.69) is 10.6 Å². The third-order valence-electron chi connectivity index (χ3n) is 4.70. The zero-order chi connectivity index (χ0) is 23.1. The maximum Gasteiger partial charge on any atom is 0.326 e. The van der Waals surface area contributed by atoms with Gasteiger partial charge in [0.05, 0.1) is 14.2 Å². The van der Waals surface area contributed by atoms with E-state index in [1.807, 2.05) is 36.4 Å². The zero-order valence-electron chi connectivity index (χ0n) is 18.0. The predicted molar refractivity (Wildman–Crippen MR) is 120 cm³/mol. The molecule has 8 nitrogen and oxygen atoms in total. The fourth-order valence-electron chi connectivity index (χ4n) is 3.00. The summed E-state index contributed by atoms with van der Waals surface area (Å²) in [5.74, 6) is -0.841. The first kappa shape index (κ1) is 22.6. The van der Waals surface area contributed by atoms with Gasteiger partial charge in [0.1, 0.15) is 18.0 Å². The van der Waals surface area contributed by atoms with Crippen LogP contribution in [0.5, 0.6) is 11.5 Å². The lowest BCUT2D eigenvalue weighted by Crippen LogP contribution is -2.35. The number of rotatable bonds is 8. The first-order valence-electron chi connectivity index (χ1n) is 9.90. The molecular weight excluding hydrogens is 412 g/mol. The van der Waals surface area contributed by atoms with Crippen molar-refractivity contribution in [3.8, 4) is 11.5 Å². The lowest BCUT2D eigenvalue weighted by molar-refractivity contribution is -0.152. The summed E-state index contributed by atoms with van der Waals surface area (Å²) in [6.07, 6.45) is -1.04. The molecule has 0 radical (unpaired) electrons. The molecule has 0 aliphatic rings. The number of ether oxygens (including phenoxy) is 3. The van der Waals surface area contributed by atoms with E-state index in [1.165, 1.54) is 33.3 Å². The number of hydrogen-bond acceptors (Lipinski definition) is 6. The highest BCUT2D eigenvalue weighted by molar-refractivity contribution is 5.98. The van der Waals surface area contributed by atoms with Gasteiger partial charge in [-0.25, -0.2) is 0 Å². The minimum atomic E-state index is -1.04. The quantitative estimate of drug-likeness (QED) is 0.526. The molecule has 0 aromatic heterocycles. The van der Waals surface area contributed by atoms with Crippen LogP contribution in [0.3, 0.4) is 0 Å². The van der Waals surface area contributed by atoms with Crippen LogP contribution in [-0.2, 0) is 14.3 Å². The van der Waals surface area contributed by atoms with E-state index in [0.29, 0.717) is 17.2 Å². The normalized spacial score (nSPS) is 11.3. The van der Waals surface area contributed by atoms with Gasteiger partial charge in [-0.05, 0) is 42.0 Å². The van der Waals surface area contributed by atoms with E-state index in [0.717, 1.165) is 10.8 Å². The number of benzene rings is 3. The highest BCUT2D eigenvalue weighted by Crippen LogP contribution is 2.22. The van der Waals surface area contributed by atoms with Crippen molar-refractivity contribution in [2.24, 2.45) is 0 Å². The molecule has 3 aromatic rings. The van der Waals surface area contributed by atoms with E-state index in [-0.39, 0.29) is 5.56 Å². The number of fused-ring (bicyclic) bond motifs is 1. The van der Waals surface area contributed by atoms with Crippen LogP contribution in [0.15, 0.2) is 60.7 Å². The van der Waals surface area contributed by atoms with Crippen LogP contribution in [0.4, 0.5) is 5.69 Å². The summed E-state index contributed by atoms with van der Waals surface area (Å²) in [5, 5.41) is 7.21. The van der Waals surface area contributed by atoms with Crippen LogP contribution in [-0.4, -0.2) is 44.7 Å². The summed E-state index contributed by atoms with van der Waals surface area (Å²) < 4.78 is 15.4. The van der Waals surface area contributed by atoms with Crippen molar-refractivity contribution in [2.45, 2.75) is 13.0 Å². The van der Waals surface area contributed by atoms with Crippen molar-refractivity contribution in [3.05, 3.63) is 66.2 Å². The Morgan fingerprint density at radius 2 is 1.53 bits per heavy atom. The molecular formula is C24H24N2O6. The van der Waals surface area contributed by atoms with E-state index >= 15 is 0 Å². The third kappa shape index (κ3) is 5.75. The average molecular weight is 436 g/mol. The van der Waals surface area contributed by atoms with Crippen molar-refractivity contribution in [2.75, 3.05) is 26.1 Å². The molecule has 2 N–H and O–H groups in total. The summed E-state index contributed by atoms with van der Waals surface area (Å²) in [4.78, 5) is 36.8. The van der Waals surface area contributed by atoms with E-state index < -0.39 is 30.4 Å². The number of methoxy groups -OCH3 is 2. The Morgan fingerprint density at radius 3 is 2.19 bits per heavy atom. The summed E-state index contributed by atoms with van der Waals surface area (Å²) in [5.41, 5.74) is 0.855. The van der Waals surface area contributed by atoms with Crippen molar-refractivity contribution in [1.29, 1.82) is 0 Å². The lowest BCUT2D eigenvalue weighted by Gasteiger charge is -2.14. The lowest BCUT2D eigenvalue weighted by atomic mass is 10.1. The van der Waals surface area contributed by atoms with Gasteiger partial charge in [-0.2, -0.15) is 0 Å². The Morgan fingerprint density at radius 1 is 0.875 bits per heavy atom. The molecule has 0 heterocycles. The summed E-state index contributed by atoms with van der Waals surface area (Å²) >= 11 is 0. The van der Waals surface area contributed by atoms with Crippen LogP contribution in [0.25, 0.3) is 10.8 Å². The van der Waals surface area contributed by atoms with Crippen LogP contribution >= 0.6 is 0 Å². The molecule has 0 fully saturated rings. The molecule has 0 saturated heterocycles. The van der Waals surface area contributed by atoms with Gasteiger partial charge in [-0.15, -0.1) is 0 Å². The molecule has 0 spiro atoms. The maximum absolute atomic E-state index is 12.4. The fourth-order valence-corrected chi connectivity index (χ4v) is 3.00. The molecule has 1 unspecified atom stereocenters. The van der Waals surface area contributed by atoms with Gasteiger partial charge in [0, 0.05) is 17.3 Å². The molecule has 3 aromatic carbocycles. The van der Waals surface area contributed by atoms with Crippen molar-refractivity contribution in [1.82, 2.24) is 5.32 Å². The molecule has 8 heteroatoms. The smallest absolute Gasteiger partial charge is 0.326 e. The van der Waals surface area contributed by atoms with E-state index in [1.54, 1.807) is 12.1 Å². The molecule has 0 saturated carbocycles. The van der Waals surface area contributed by atoms with Crippen LogP contribution in [0.2, 0.25) is 0 Å². The number of hydrogen-bond donors (Lipinski definition) is 2. The molecule has 2 amide bonds. The highest BCUT2D eigenvalue weighted by atomic mass is 16.5. The number of carbonyl (C=O) groups is 3. The minimum Gasteiger partial charge on any atom is -0.497 e. The minimum absolute atomic E-state index is 0.260. The SMILES string of the molecule is COc1cc(OC)cc(C(=O)NCC(=O)OC(C)C(=O)Nc2ccc3ccccc3c2)c1. The van der Waals surface area contributed by atoms with E-state index in [9.17, 15) is 14.4 Å². The number of esters is 1. The first-order chi connectivity index (χ1) is 15.4. The highest BCUT2D eigenvalue weighted by Gasteiger charge is 2.19. The summed E-state index contributed by atoms with van der Waals surface area (Å²) in [6, 6.07) is 17.9. The molecule has 0 aliphatic carbocycles. The molecule has 0 aliphatic heterocycles. The largest absolute Gasteiger partial charge is 0.497 e. The second kappa shape index (κ2) is 10.3. The predicted octanol–water partition coefficient (Wildman–Crippen LogP) is 3.16. The van der Waals surface area contributed by atoms with Crippen LogP contribution in [0, 0.1) is 0 Å². The van der Waals surface area contributed by atoms with Gasteiger partial charge >= 0.3 is 5.97 Å². The summed E-state index contributed by atoms with van der Waals surface area (Å²) in [7, 11) is 2.94. The second-order valence-corrected chi connectivity index (χ2v) is 6.97. The van der Waals surface area contributed by atoms with Gasteiger partial charge in [-0.3, -0.25) is 14.4 Å². The monoisotopic (exact) mass is 436 g/mol. The van der Waals surface area contributed by atoms with Gasteiger partial charge in [0.2, 0.25) is 0 Å². The van der Waals surface area contributed by atoms with Gasteiger partial charge in [-0.1, -0.05) is 30.3 Å². The van der Waals surface area contributed by atoms with Crippen molar-refractivity contribution < 1.29 is 28.6 Å². The molecule has 0 bridgehead atoms. The Hall–Kier alpha value is -4.07.